The number of thiazole rings is 1. The number of nitrogens with zero attached hydrogens (tertiary/aromatic N) is 2. The lowest BCUT2D eigenvalue weighted by molar-refractivity contribution is 0.437. The summed E-state index contributed by atoms with van der Waals surface area (Å²) in [4.78, 5) is 4.53. The van der Waals surface area contributed by atoms with Gasteiger partial charge in [-0.25, -0.2) is 26.2 Å². The van der Waals surface area contributed by atoms with Crippen LogP contribution in [-0.4, -0.2) is 23.2 Å². The van der Waals surface area contributed by atoms with Crippen LogP contribution in [0.2, 0.25) is 0 Å². The van der Waals surface area contributed by atoms with Crippen molar-refractivity contribution in [2.24, 2.45) is 5.73 Å². The van der Waals surface area contributed by atoms with Gasteiger partial charge in [0.2, 0.25) is 0 Å². The van der Waals surface area contributed by atoms with Gasteiger partial charge < -0.3 is 10.5 Å². The summed E-state index contributed by atoms with van der Waals surface area (Å²) in [6.45, 7) is 1.85. The second-order valence-corrected chi connectivity index (χ2v) is 12.9. The molecule has 0 unspecified atom stereocenters. The largest absolute Gasteiger partial charge is 0.454 e. The highest BCUT2D eigenvalue weighted by molar-refractivity contribution is 14.1. The summed E-state index contributed by atoms with van der Waals surface area (Å²) in [6, 6.07) is 12.7. The van der Waals surface area contributed by atoms with Crippen molar-refractivity contribution in [2.75, 3.05) is 0 Å². The molecule has 3 N–H and O–H groups in total. The Kier molecular flexibility index (Phi) is 6.96. The summed E-state index contributed by atoms with van der Waals surface area (Å²) >= 11 is 3.50. The number of nitrogens with two attached hydrogens (primary N) is 1. The number of ether oxygens (including phenoxy) is 1. The molecule has 0 spiro atoms. The monoisotopic (exact) mass is 664 g/mol. The van der Waals surface area contributed by atoms with E-state index in [2.05, 4.69) is 27.6 Å². The SMILES string of the molecule is Cc1ccc(S(=O)(=O)n2ccc3c(Cc4csc(I)n4)c(Oc4ccc(F)c(C(=N)N)c4)c(F)cc32)cc1. The molecule has 2 heterocycles. The molecule has 0 bridgehead atoms. The number of halogens is 3. The zero-order chi connectivity index (χ0) is 27.2. The molecule has 0 saturated heterocycles. The van der Waals surface area contributed by atoms with Crippen LogP contribution in [0.5, 0.6) is 11.5 Å². The van der Waals surface area contributed by atoms with Gasteiger partial charge in [0.1, 0.15) is 17.4 Å². The standard InChI is InChI=1S/C26H19F2IN4O3S2/c1-14-2-5-17(6-3-14)38(34,35)33-9-8-18-19(10-15-13-37-26(29)32-15)24(22(28)12-23(18)33)36-16-4-7-21(27)20(11-16)25(30)31/h2-9,11-13H,10H2,1H3,(H3,30,31). The third-order valence-corrected chi connectivity index (χ3v) is 9.26. The first kappa shape index (κ1) is 26.3. The van der Waals surface area contributed by atoms with Crippen molar-refractivity contribution in [3.8, 4) is 11.5 Å². The Balaban J connectivity index is 1.69. The lowest BCUT2D eigenvalue weighted by atomic mass is 10.0. The number of amidine groups is 1. The predicted molar refractivity (Wildman–Crippen MR) is 151 cm³/mol. The number of nitrogen functional groups attached to an aromatic ring is 1. The molecule has 7 nitrogen and oxygen atoms in total. The third-order valence-electron chi connectivity index (χ3n) is 5.88. The highest BCUT2D eigenvalue weighted by Gasteiger charge is 2.25. The Hall–Kier alpha value is -3.36. The summed E-state index contributed by atoms with van der Waals surface area (Å²) in [6.07, 6.45) is 1.53. The van der Waals surface area contributed by atoms with Crippen LogP contribution in [0.25, 0.3) is 10.9 Å². The zero-order valence-corrected chi connectivity index (χ0v) is 23.5. The minimum Gasteiger partial charge on any atom is -0.454 e. The molecule has 5 rings (SSSR count). The second-order valence-electron chi connectivity index (χ2n) is 8.45. The van der Waals surface area contributed by atoms with Crippen LogP contribution in [-0.2, 0) is 16.4 Å². The number of rotatable bonds is 7. The van der Waals surface area contributed by atoms with Crippen LogP contribution in [0.15, 0.2) is 71.1 Å². The van der Waals surface area contributed by atoms with Crippen molar-refractivity contribution >= 4 is 60.7 Å². The molecule has 194 valence electrons. The number of benzene rings is 3. The van der Waals surface area contributed by atoms with Crippen molar-refractivity contribution in [2.45, 2.75) is 18.2 Å². The van der Waals surface area contributed by atoms with E-state index in [-0.39, 0.29) is 33.9 Å². The lowest BCUT2D eigenvalue weighted by Gasteiger charge is -2.15. The third kappa shape index (κ3) is 4.90. The molecule has 2 aromatic heterocycles. The van der Waals surface area contributed by atoms with E-state index < -0.39 is 27.5 Å². The molecular weight excluding hydrogens is 645 g/mol. The van der Waals surface area contributed by atoms with Gasteiger partial charge in [0.05, 0.1) is 21.7 Å². The second kappa shape index (κ2) is 10.1. The van der Waals surface area contributed by atoms with Crippen LogP contribution in [0, 0.1) is 27.0 Å². The lowest BCUT2D eigenvalue weighted by Crippen LogP contribution is -2.13. The van der Waals surface area contributed by atoms with Gasteiger partial charge in [-0.1, -0.05) is 17.7 Å². The van der Waals surface area contributed by atoms with Gasteiger partial charge in [0, 0.05) is 35.0 Å². The molecule has 38 heavy (non-hydrogen) atoms. The number of hydrogen-bond donors (Lipinski definition) is 2. The number of aryl methyl sites for hydroxylation is 1. The van der Waals surface area contributed by atoms with E-state index in [0.29, 0.717) is 16.6 Å². The molecule has 0 aliphatic rings. The molecule has 0 saturated carbocycles. The van der Waals surface area contributed by atoms with Gasteiger partial charge in [0.25, 0.3) is 10.0 Å². The Morgan fingerprint density at radius 2 is 1.87 bits per heavy atom. The minimum atomic E-state index is -4.02. The highest BCUT2D eigenvalue weighted by atomic mass is 127. The number of fused-ring (bicyclic) bond motifs is 1. The summed E-state index contributed by atoms with van der Waals surface area (Å²) in [5.74, 6) is -2.12. The summed E-state index contributed by atoms with van der Waals surface area (Å²) in [5.41, 5.74) is 7.34. The van der Waals surface area contributed by atoms with E-state index in [4.69, 9.17) is 15.9 Å². The average molecular weight is 664 g/mol. The highest BCUT2D eigenvalue weighted by Crippen LogP contribution is 2.38. The average Bonchev–Trinajstić information content (AvgIpc) is 3.48. The van der Waals surface area contributed by atoms with E-state index >= 15 is 4.39 Å². The van der Waals surface area contributed by atoms with Crippen LogP contribution >= 0.6 is 33.9 Å². The van der Waals surface area contributed by atoms with Gasteiger partial charge >= 0.3 is 0 Å². The van der Waals surface area contributed by atoms with E-state index in [1.807, 2.05) is 12.3 Å². The van der Waals surface area contributed by atoms with Crippen LogP contribution in [0.4, 0.5) is 8.78 Å². The molecule has 0 fully saturated rings. The minimum absolute atomic E-state index is 0.0654. The number of nitrogens with one attached hydrogen (secondary N) is 1. The van der Waals surface area contributed by atoms with Gasteiger partial charge in [-0.15, -0.1) is 11.3 Å². The first-order valence-electron chi connectivity index (χ1n) is 11.1. The molecule has 0 aliphatic carbocycles. The fraction of sp³-hybridized carbons (Fsp3) is 0.0769. The maximum atomic E-state index is 15.7. The molecular formula is C26H19F2IN4O3S2. The molecule has 12 heteroatoms. The fourth-order valence-electron chi connectivity index (χ4n) is 4.03. The topological polar surface area (TPSA) is 111 Å². The molecule has 3 aromatic carbocycles. The van der Waals surface area contributed by atoms with Crippen molar-refractivity contribution in [3.05, 3.63) is 103 Å². The Bertz CT molecular complexity index is 1820. The Morgan fingerprint density at radius 1 is 1.13 bits per heavy atom. The summed E-state index contributed by atoms with van der Waals surface area (Å²) < 4.78 is 64.4. The van der Waals surface area contributed by atoms with E-state index in [1.54, 1.807) is 18.2 Å². The van der Waals surface area contributed by atoms with Gasteiger partial charge in [-0.3, -0.25) is 5.41 Å². The maximum Gasteiger partial charge on any atom is 0.268 e. The van der Waals surface area contributed by atoms with Gasteiger partial charge in [-0.05, 0) is 65.9 Å². The first-order chi connectivity index (χ1) is 18.0. The number of aromatic nitrogens is 2. The summed E-state index contributed by atoms with van der Waals surface area (Å²) in [5, 5.41) is 9.86. The van der Waals surface area contributed by atoms with Crippen LogP contribution in [0.1, 0.15) is 22.4 Å². The first-order valence-corrected chi connectivity index (χ1v) is 14.5. The molecule has 0 amide bonds. The van der Waals surface area contributed by atoms with Crippen molar-refractivity contribution < 1.29 is 21.9 Å². The normalized spacial score (nSPS) is 11.7. The van der Waals surface area contributed by atoms with Gasteiger partial charge in [-0.2, -0.15) is 0 Å². The van der Waals surface area contributed by atoms with Crippen molar-refractivity contribution in [3.63, 3.8) is 0 Å². The Morgan fingerprint density at radius 3 is 2.53 bits per heavy atom. The Labute approximate surface area is 234 Å². The van der Waals surface area contributed by atoms with Crippen molar-refractivity contribution in [1.82, 2.24) is 8.96 Å². The van der Waals surface area contributed by atoms with E-state index in [9.17, 15) is 12.8 Å². The van der Waals surface area contributed by atoms with E-state index in [0.717, 1.165) is 24.7 Å². The zero-order valence-electron chi connectivity index (χ0n) is 19.7. The smallest absolute Gasteiger partial charge is 0.268 e. The van der Waals surface area contributed by atoms with E-state index in [1.165, 1.54) is 41.8 Å². The molecule has 0 atom stereocenters. The molecule has 0 radical (unpaired) electrons. The van der Waals surface area contributed by atoms with Crippen molar-refractivity contribution in [1.29, 1.82) is 5.41 Å². The van der Waals surface area contributed by atoms with Crippen LogP contribution < -0.4 is 10.5 Å². The fourth-order valence-corrected chi connectivity index (χ4v) is 6.60. The number of hydrogen-bond acceptors (Lipinski definition) is 6. The predicted octanol–water partition coefficient (Wildman–Crippen LogP) is 6.19. The van der Waals surface area contributed by atoms with Gasteiger partial charge in [0.15, 0.2) is 14.6 Å². The molecule has 5 aromatic rings. The molecule has 0 aliphatic heterocycles. The van der Waals surface area contributed by atoms with Crippen LogP contribution in [0.3, 0.4) is 0 Å². The maximum absolute atomic E-state index is 15.7. The quantitative estimate of drug-likeness (QED) is 0.123. The summed E-state index contributed by atoms with van der Waals surface area (Å²) in [7, 11) is -4.02.